The standard InChI is InChI=1S/C25H34O2/c1-2-3-4-7-16-23(19-22-14-10-6-11-15-22)20-24(25(26)27)18-17-21-12-8-5-9-13-21/h5-6,8-15,23-24H,2-4,7,16-20H2,1H3,(H,26,27). The summed E-state index contributed by atoms with van der Waals surface area (Å²) in [6.45, 7) is 2.23. The summed E-state index contributed by atoms with van der Waals surface area (Å²) >= 11 is 0. The largest absolute Gasteiger partial charge is 0.481 e. The Morgan fingerprint density at radius 3 is 2.07 bits per heavy atom. The van der Waals surface area contributed by atoms with Crippen LogP contribution in [0.2, 0.25) is 0 Å². The summed E-state index contributed by atoms with van der Waals surface area (Å²) in [6, 6.07) is 20.8. The van der Waals surface area contributed by atoms with E-state index in [-0.39, 0.29) is 5.92 Å². The van der Waals surface area contributed by atoms with Crippen molar-refractivity contribution in [1.82, 2.24) is 0 Å². The first-order valence-corrected chi connectivity index (χ1v) is 10.5. The molecule has 1 N–H and O–H groups in total. The van der Waals surface area contributed by atoms with E-state index in [0.29, 0.717) is 5.92 Å². The molecule has 146 valence electrons. The monoisotopic (exact) mass is 366 g/mol. The predicted molar refractivity (Wildman–Crippen MR) is 113 cm³/mol. The van der Waals surface area contributed by atoms with Gasteiger partial charge in [-0.1, -0.05) is 99.7 Å². The summed E-state index contributed by atoms with van der Waals surface area (Å²) in [5, 5.41) is 9.78. The zero-order chi connectivity index (χ0) is 19.3. The molecule has 2 aromatic rings. The molecule has 0 radical (unpaired) electrons. The zero-order valence-corrected chi connectivity index (χ0v) is 16.6. The molecule has 0 aromatic heterocycles. The fraction of sp³-hybridized carbons (Fsp3) is 0.480. The molecule has 2 nitrogen and oxygen atoms in total. The molecule has 27 heavy (non-hydrogen) atoms. The quantitative estimate of drug-likeness (QED) is 0.409. The van der Waals surface area contributed by atoms with E-state index in [9.17, 15) is 9.90 Å². The highest BCUT2D eigenvalue weighted by molar-refractivity contribution is 5.70. The maximum absolute atomic E-state index is 11.9. The van der Waals surface area contributed by atoms with Crippen LogP contribution in [0.1, 0.15) is 63.0 Å². The fourth-order valence-electron chi connectivity index (χ4n) is 3.84. The van der Waals surface area contributed by atoms with Crippen molar-refractivity contribution < 1.29 is 9.90 Å². The van der Waals surface area contributed by atoms with Gasteiger partial charge < -0.3 is 5.11 Å². The lowest BCUT2D eigenvalue weighted by Gasteiger charge is -2.22. The van der Waals surface area contributed by atoms with E-state index in [1.54, 1.807) is 0 Å². The van der Waals surface area contributed by atoms with Crippen molar-refractivity contribution >= 4 is 5.97 Å². The van der Waals surface area contributed by atoms with Crippen molar-refractivity contribution in [2.24, 2.45) is 11.8 Å². The average molecular weight is 367 g/mol. The third kappa shape index (κ3) is 8.43. The second-order valence-electron chi connectivity index (χ2n) is 7.70. The summed E-state index contributed by atoms with van der Waals surface area (Å²) in [6.07, 6.45) is 9.42. The third-order valence-corrected chi connectivity index (χ3v) is 5.42. The molecule has 2 heteroatoms. The predicted octanol–water partition coefficient (Wildman–Crippen LogP) is 6.54. The van der Waals surface area contributed by atoms with Gasteiger partial charge in [0, 0.05) is 0 Å². The van der Waals surface area contributed by atoms with E-state index in [4.69, 9.17) is 0 Å². The van der Waals surface area contributed by atoms with Crippen molar-refractivity contribution in [3.8, 4) is 0 Å². The Labute approximate surface area is 164 Å². The number of benzene rings is 2. The first kappa shape index (κ1) is 21.2. The molecule has 0 saturated carbocycles. The minimum Gasteiger partial charge on any atom is -0.481 e. The first-order valence-electron chi connectivity index (χ1n) is 10.5. The molecule has 0 fully saturated rings. The van der Waals surface area contributed by atoms with E-state index in [2.05, 4.69) is 43.3 Å². The molecular formula is C25H34O2. The van der Waals surface area contributed by atoms with Gasteiger partial charge in [0.25, 0.3) is 0 Å². The van der Waals surface area contributed by atoms with Crippen molar-refractivity contribution in [3.63, 3.8) is 0 Å². The van der Waals surface area contributed by atoms with Gasteiger partial charge in [-0.15, -0.1) is 0 Å². The van der Waals surface area contributed by atoms with Crippen molar-refractivity contribution in [3.05, 3.63) is 71.8 Å². The molecule has 0 aliphatic heterocycles. The fourth-order valence-corrected chi connectivity index (χ4v) is 3.84. The number of aryl methyl sites for hydroxylation is 1. The summed E-state index contributed by atoms with van der Waals surface area (Å²) in [4.78, 5) is 11.9. The maximum atomic E-state index is 11.9. The van der Waals surface area contributed by atoms with Gasteiger partial charge in [-0.05, 0) is 42.7 Å². The lowest BCUT2D eigenvalue weighted by atomic mass is 9.83. The van der Waals surface area contributed by atoms with Crippen molar-refractivity contribution in [2.75, 3.05) is 0 Å². The summed E-state index contributed by atoms with van der Waals surface area (Å²) < 4.78 is 0. The van der Waals surface area contributed by atoms with Crippen LogP contribution in [0.15, 0.2) is 60.7 Å². The second-order valence-corrected chi connectivity index (χ2v) is 7.70. The van der Waals surface area contributed by atoms with Gasteiger partial charge in [0.1, 0.15) is 0 Å². The molecule has 0 bridgehead atoms. The van der Waals surface area contributed by atoms with Crippen LogP contribution in [0.25, 0.3) is 0 Å². The van der Waals surface area contributed by atoms with E-state index in [1.807, 2.05) is 24.3 Å². The van der Waals surface area contributed by atoms with Gasteiger partial charge in [-0.2, -0.15) is 0 Å². The average Bonchev–Trinajstić information content (AvgIpc) is 2.69. The van der Waals surface area contributed by atoms with Crippen LogP contribution in [0.5, 0.6) is 0 Å². The molecule has 2 rings (SSSR count). The number of hydrogen-bond acceptors (Lipinski definition) is 1. The molecule has 2 atom stereocenters. The molecule has 0 amide bonds. The second kappa shape index (κ2) is 12.3. The Balaban J connectivity index is 1.96. The van der Waals surface area contributed by atoms with Crippen LogP contribution in [-0.2, 0) is 17.6 Å². The molecule has 2 aromatic carbocycles. The molecule has 2 unspecified atom stereocenters. The molecule has 0 spiro atoms. The molecule has 0 saturated heterocycles. The topological polar surface area (TPSA) is 37.3 Å². The molecular weight excluding hydrogens is 332 g/mol. The van der Waals surface area contributed by atoms with E-state index < -0.39 is 5.97 Å². The van der Waals surface area contributed by atoms with Crippen LogP contribution in [-0.4, -0.2) is 11.1 Å². The Morgan fingerprint density at radius 1 is 0.852 bits per heavy atom. The number of carboxylic acids is 1. The lowest BCUT2D eigenvalue weighted by Crippen LogP contribution is -2.20. The maximum Gasteiger partial charge on any atom is 0.306 e. The highest BCUT2D eigenvalue weighted by atomic mass is 16.4. The Kier molecular flexibility index (Phi) is 9.68. The van der Waals surface area contributed by atoms with Crippen LogP contribution in [0.4, 0.5) is 0 Å². The molecule has 0 heterocycles. The van der Waals surface area contributed by atoms with Gasteiger partial charge in [0.05, 0.1) is 5.92 Å². The minimum atomic E-state index is -0.641. The minimum absolute atomic E-state index is 0.259. The normalized spacial score (nSPS) is 13.2. The van der Waals surface area contributed by atoms with Gasteiger partial charge in [-0.25, -0.2) is 0 Å². The number of unbranched alkanes of at least 4 members (excludes halogenated alkanes) is 3. The van der Waals surface area contributed by atoms with Gasteiger partial charge in [-0.3, -0.25) is 4.79 Å². The van der Waals surface area contributed by atoms with E-state index in [1.165, 1.54) is 36.8 Å². The highest BCUT2D eigenvalue weighted by Gasteiger charge is 2.22. The summed E-state index contributed by atoms with van der Waals surface area (Å²) in [5.74, 6) is -0.455. The van der Waals surface area contributed by atoms with Gasteiger partial charge >= 0.3 is 5.97 Å². The van der Waals surface area contributed by atoms with Gasteiger partial charge in [0.15, 0.2) is 0 Å². The smallest absolute Gasteiger partial charge is 0.306 e. The van der Waals surface area contributed by atoms with E-state index in [0.717, 1.165) is 32.1 Å². The van der Waals surface area contributed by atoms with Crippen molar-refractivity contribution in [1.29, 1.82) is 0 Å². The van der Waals surface area contributed by atoms with Crippen LogP contribution < -0.4 is 0 Å². The number of hydrogen-bond donors (Lipinski definition) is 1. The molecule has 0 aliphatic carbocycles. The number of aliphatic carboxylic acids is 1. The SMILES string of the molecule is CCCCCCC(Cc1ccccc1)CC(CCc1ccccc1)C(=O)O. The molecule has 0 aliphatic rings. The van der Waals surface area contributed by atoms with Gasteiger partial charge in [0.2, 0.25) is 0 Å². The number of carbonyl (C=O) groups is 1. The van der Waals surface area contributed by atoms with Crippen molar-refractivity contribution in [2.45, 2.75) is 64.7 Å². The number of rotatable bonds is 13. The summed E-state index contributed by atoms with van der Waals surface area (Å²) in [5.41, 5.74) is 2.55. The lowest BCUT2D eigenvalue weighted by molar-refractivity contribution is -0.142. The Morgan fingerprint density at radius 2 is 1.48 bits per heavy atom. The highest BCUT2D eigenvalue weighted by Crippen LogP contribution is 2.26. The Hall–Kier alpha value is -2.09. The Bertz CT molecular complexity index is 636. The summed E-state index contributed by atoms with van der Waals surface area (Å²) in [7, 11) is 0. The third-order valence-electron chi connectivity index (χ3n) is 5.42. The van der Waals surface area contributed by atoms with Crippen LogP contribution in [0.3, 0.4) is 0 Å². The van der Waals surface area contributed by atoms with E-state index >= 15 is 0 Å². The first-order chi connectivity index (χ1) is 13.2. The number of carboxylic acid groups (broad SMARTS) is 1. The van der Waals surface area contributed by atoms with Crippen LogP contribution in [0, 0.1) is 11.8 Å². The van der Waals surface area contributed by atoms with Crippen LogP contribution >= 0.6 is 0 Å². The zero-order valence-electron chi connectivity index (χ0n) is 16.6.